The van der Waals surface area contributed by atoms with Crippen LogP contribution in [-0.2, 0) is 21.1 Å². The van der Waals surface area contributed by atoms with Crippen LogP contribution in [0.3, 0.4) is 0 Å². The van der Waals surface area contributed by atoms with Crippen LogP contribution in [0.4, 0.5) is 17.3 Å². The zero-order valence-corrected chi connectivity index (χ0v) is 26.6. The molecular formula is C34H21Cl2N7Pt. The SMILES string of the molecule is Clc1cccc(Cl)c1N(c1cccc(-n2[c-]cc(-c3ccccc3)n2)n1)c1cccc(-n2[c-]cc(-c3ccccc3)n2)n1.[Pt+2]. The van der Waals surface area contributed by atoms with Crippen molar-refractivity contribution in [2.75, 3.05) is 4.90 Å². The van der Waals surface area contributed by atoms with Crippen LogP contribution in [0.1, 0.15) is 0 Å². The smallest absolute Gasteiger partial charge is 0.343 e. The molecule has 0 saturated carbocycles. The van der Waals surface area contributed by atoms with E-state index in [0.717, 1.165) is 22.5 Å². The van der Waals surface area contributed by atoms with Gasteiger partial charge in [-0.1, -0.05) is 138 Å². The van der Waals surface area contributed by atoms with E-state index in [4.69, 9.17) is 43.4 Å². The summed E-state index contributed by atoms with van der Waals surface area (Å²) < 4.78 is 3.23. The predicted molar refractivity (Wildman–Crippen MR) is 170 cm³/mol. The number of anilines is 3. The Hall–Kier alpha value is -4.55. The largest absolute Gasteiger partial charge is 2.00 e. The average Bonchev–Trinajstić information content (AvgIpc) is 3.75. The van der Waals surface area contributed by atoms with Gasteiger partial charge in [-0.15, -0.1) is 12.1 Å². The third kappa shape index (κ3) is 5.95. The molecule has 3 aromatic carbocycles. The molecule has 4 heterocycles. The van der Waals surface area contributed by atoms with E-state index in [1.807, 2.05) is 114 Å². The van der Waals surface area contributed by atoms with Gasteiger partial charge in [0.1, 0.15) is 11.6 Å². The van der Waals surface area contributed by atoms with Gasteiger partial charge in [0.25, 0.3) is 0 Å². The van der Waals surface area contributed by atoms with E-state index in [9.17, 15) is 0 Å². The molecular weight excluding hydrogens is 772 g/mol. The van der Waals surface area contributed by atoms with Crippen LogP contribution in [0.25, 0.3) is 34.2 Å². The van der Waals surface area contributed by atoms with Crippen LogP contribution in [0, 0.1) is 12.4 Å². The Morgan fingerprint density at radius 1 is 0.523 bits per heavy atom. The summed E-state index contributed by atoms with van der Waals surface area (Å²) in [6, 6.07) is 40.1. The second-order valence-corrected chi connectivity index (χ2v) is 10.3. The number of hydrogen-bond donors (Lipinski definition) is 0. The minimum atomic E-state index is 0. The third-order valence-corrected chi connectivity index (χ3v) is 7.30. The van der Waals surface area contributed by atoms with Crippen molar-refractivity contribution in [3.63, 3.8) is 0 Å². The van der Waals surface area contributed by atoms with Crippen LogP contribution >= 0.6 is 23.2 Å². The summed E-state index contributed by atoms with van der Waals surface area (Å²) in [5.74, 6) is 2.21. The molecule has 0 unspecified atom stereocenters. The number of benzene rings is 3. The molecule has 0 bridgehead atoms. The fourth-order valence-electron chi connectivity index (χ4n) is 4.67. The molecule has 4 aromatic heterocycles. The van der Waals surface area contributed by atoms with E-state index >= 15 is 0 Å². The van der Waals surface area contributed by atoms with Crippen molar-refractivity contribution >= 4 is 40.5 Å². The van der Waals surface area contributed by atoms with Gasteiger partial charge in [-0.2, -0.15) is 0 Å². The first-order valence-corrected chi connectivity index (χ1v) is 14.1. The number of hydrogen-bond acceptors (Lipinski definition) is 5. The Kier molecular flexibility index (Phi) is 8.71. The molecule has 0 aliphatic rings. The van der Waals surface area contributed by atoms with Gasteiger partial charge < -0.3 is 9.36 Å². The summed E-state index contributed by atoms with van der Waals surface area (Å²) >= 11 is 13.5. The average molecular weight is 794 g/mol. The standard InChI is InChI=1S/C34H21Cl2N7.Pt/c35-26-14-7-15-27(36)34(26)43(32-18-8-16-30(37-32)41-22-20-28(39-41)24-10-3-1-4-11-24)33-19-9-17-31(38-33)42-23-21-29(40-42)25-12-5-2-6-13-25;/h1-21H;/q-2;+2. The number of halogens is 2. The molecule has 0 aliphatic carbocycles. The van der Waals surface area contributed by atoms with Crippen molar-refractivity contribution in [1.82, 2.24) is 29.5 Å². The van der Waals surface area contributed by atoms with E-state index in [1.165, 1.54) is 0 Å². The number of pyridine rings is 2. The quantitative estimate of drug-likeness (QED) is 0.152. The van der Waals surface area contributed by atoms with Gasteiger partial charge in [0, 0.05) is 0 Å². The van der Waals surface area contributed by atoms with Crippen LogP contribution in [0.2, 0.25) is 10.0 Å². The summed E-state index contributed by atoms with van der Waals surface area (Å²) in [4.78, 5) is 11.7. The summed E-state index contributed by atoms with van der Waals surface area (Å²) in [5.41, 5.74) is 4.11. The van der Waals surface area contributed by atoms with Crippen molar-refractivity contribution in [1.29, 1.82) is 0 Å². The number of nitrogens with zero attached hydrogens (tertiary/aromatic N) is 7. The normalized spacial score (nSPS) is 10.8. The zero-order valence-electron chi connectivity index (χ0n) is 22.8. The summed E-state index contributed by atoms with van der Waals surface area (Å²) in [7, 11) is 0. The first kappa shape index (κ1) is 29.5. The molecule has 44 heavy (non-hydrogen) atoms. The molecule has 0 amide bonds. The third-order valence-electron chi connectivity index (χ3n) is 6.69. The molecule has 10 heteroatoms. The van der Waals surface area contributed by atoms with Gasteiger partial charge in [0.05, 0.1) is 27.4 Å². The zero-order chi connectivity index (χ0) is 29.2. The van der Waals surface area contributed by atoms with Crippen molar-refractivity contribution in [3.8, 4) is 34.2 Å². The second kappa shape index (κ2) is 13.0. The number of para-hydroxylation sites is 1. The Balaban J connectivity index is 0.00000343. The van der Waals surface area contributed by atoms with E-state index in [2.05, 4.69) is 12.4 Å². The molecule has 0 aliphatic heterocycles. The predicted octanol–water partition coefficient (Wildman–Crippen LogP) is 8.56. The Morgan fingerprint density at radius 3 is 1.41 bits per heavy atom. The van der Waals surface area contributed by atoms with Gasteiger partial charge in [0.2, 0.25) is 0 Å². The van der Waals surface area contributed by atoms with E-state index in [-0.39, 0.29) is 21.1 Å². The van der Waals surface area contributed by atoms with Crippen LogP contribution in [0.15, 0.2) is 127 Å². The topological polar surface area (TPSA) is 64.7 Å². The summed E-state index contributed by atoms with van der Waals surface area (Å²) in [5, 5.41) is 10.3. The molecule has 216 valence electrons. The van der Waals surface area contributed by atoms with Crippen LogP contribution < -0.4 is 4.90 Å². The summed E-state index contributed by atoms with van der Waals surface area (Å²) in [6.45, 7) is 0. The fourth-order valence-corrected chi connectivity index (χ4v) is 5.24. The second-order valence-electron chi connectivity index (χ2n) is 9.49. The first-order valence-electron chi connectivity index (χ1n) is 13.4. The fraction of sp³-hybridized carbons (Fsp3) is 0. The van der Waals surface area contributed by atoms with Crippen molar-refractivity contribution in [2.45, 2.75) is 0 Å². The van der Waals surface area contributed by atoms with Crippen LogP contribution in [-0.4, -0.2) is 29.5 Å². The molecule has 0 saturated heterocycles. The molecule has 7 nitrogen and oxygen atoms in total. The molecule has 0 spiro atoms. The van der Waals surface area contributed by atoms with E-state index in [0.29, 0.717) is 39.0 Å². The van der Waals surface area contributed by atoms with Gasteiger partial charge in [0.15, 0.2) is 0 Å². The molecule has 0 atom stereocenters. The maximum atomic E-state index is 6.75. The van der Waals surface area contributed by atoms with Crippen molar-refractivity contribution < 1.29 is 21.1 Å². The minimum absolute atomic E-state index is 0. The molecule has 7 aromatic rings. The van der Waals surface area contributed by atoms with Crippen molar-refractivity contribution in [3.05, 3.63) is 150 Å². The Morgan fingerprint density at radius 2 is 0.955 bits per heavy atom. The van der Waals surface area contributed by atoms with E-state index in [1.54, 1.807) is 27.6 Å². The van der Waals surface area contributed by atoms with Gasteiger partial charge in [-0.05, 0) is 35.7 Å². The first-order chi connectivity index (χ1) is 21.1. The Bertz CT molecular complexity index is 1890. The van der Waals surface area contributed by atoms with Gasteiger partial charge in [-0.3, -0.25) is 25.1 Å². The minimum Gasteiger partial charge on any atom is -0.343 e. The maximum absolute atomic E-state index is 6.75. The molecule has 0 fully saturated rings. The number of aromatic nitrogens is 6. The van der Waals surface area contributed by atoms with Gasteiger partial charge in [-0.25, -0.2) is 0 Å². The van der Waals surface area contributed by atoms with Gasteiger partial charge >= 0.3 is 21.1 Å². The molecule has 0 N–H and O–H groups in total. The summed E-state index contributed by atoms with van der Waals surface area (Å²) in [6.07, 6.45) is 6.35. The monoisotopic (exact) mass is 792 g/mol. The molecule has 0 radical (unpaired) electrons. The van der Waals surface area contributed by atoms with Crippen LogP contribution in [0.5, 0.6) is 0 Å². The number of rotatable bonds is 7. The van der Waals surface area contributed by atoms with Crippen molar-refractivity contribution in [2.24, 2.45) is 0 Å². The molecule has 7 rings (SSSR count). The van der Waals surface area contributed by atoms with E-state index < -0.39 is 0 Å². The Labute approximate surface area is 278 Å². The maximum Gasteiger partial charge on any atom is 2.00 e.